The van der Waals surface area contributed by atoms with Crippen LogP contribution in [0.3, 0.4) is 0 Å². The fourth-order valence-corrected chi connectivity index (χ4v) is 6.08. The monoisotopic (exact) mass is 642 g/mol. The van der Waals surface area contributed by atoms with Gasteiger partial charge in [-0.3, -0.25) is 19.4 Å². The van der Waals surface area contributed by atoms with Crippen molar-refractivity contribution >= 4 is 17.7 Å². The molecular weight excluding hydrogens is 584 g/mol. The van der Waals surface area contributed by atoms with Gasteiger partial charge in [0.05, 0.1) is 5.56 Å². The third-order valence-electron chi connectivity index (χ3n) is 8.24. The van der Waals surface area contributed by atoms with Gasteiger partial charge in [-0.1, -0.05) is 111 Å². The van der Waals surface area contributed by atoms with Crippen molar-refractivity contribution in [2.24, 2.45) is 5.41 Å². The van der Waals surface area contributed by atoms with Gasteiger partial charge in [-0.15, -0.1) is 0 Å². The molecule has 1 aromatic heterocycles. The molecule has 0 radical (unpaired) electrons. The number of aromatic nitrogens is 1. The first-order valence-electron chi connectivity index (χ1n) is 17.6. The lowest BCUT2D eigenvalue weighted by atomic mass is 9.73. The van der Waals surface area contributed by atoms with E-state index in [1.807, 2.05) is 77.6 Å². The Bertz CT molecular complexity index is 1400. The molecule has 0 spiro atoms. The molecule has 7 heteroatoms. The molecule has 2 heterocycles. The third kappa shape index (κ3) is 9.30. The number of rotatable bonds is 9. The van der Waals surface area contributed by atoms with E-state index in [0.29, 0.717) is 38.0 Å². The minimum atomic E-state index is -0.772. The number of hydrogen-bond donors (Lipinski definition) is 2. The molecular formula is C40H58N4O3. The molecule has 256 valence electrons. The average Bonchev–Trinajstić information content (AvgIpc) is 3.59. The van der Waals surface area contributed by atoms with Crippen LogP contribution in [-0.2, 0) is 15.0 Å². The van der Waals surface area contributed by atoms with E-state index in [4.69, 9.17) is 0 Å². The molecule has 3 aromatic rings. The lowest BCUT2D eigenvalue weighted by Crippen LogP contribution is -2.46. The predicted octanol–water partition coefficient (Wildman–Crippen LogP) is 8.10. The van der Waals surface area contributed by atoms with Crippen molar-refractivity contribution in [3.63, 3.8) is 0 Å². The molecule has 1 fully saturated rings. The standard InChI is InChI=1S/C34H40N4O3.3C2H6/c1-23-15-16-24(21-35-23)30(39)37-29-17-20-38(31(29)40)19-10-9-18-34(32(41)36-22-33(2,3)4)27-13-7-5-11-25(27)26-12-6-8-14-28(26)34;3*1-2/h5-8,11-16,21,29H,9-10,17-20,22H2,1-4H3,(H,36,41)(H,37,39);3*1-2H3. The normalized spacial score (nSPS) is 15.4. The summed E-state index contributed by atoms with van der Waals surface area (Å²) in [6.45, 7) is 22.0. The van der Waals surface area contributed by atoms with Crippen LogP contribution in [0.2, 0.25) is 0 Å². The Labute approximate surface area is 284 Å². The van der Waals surface area contributed by atoms with Gasteiger partial charge in [0.25, 0.3) is 5.91 Å². The first-order valence-corrected chi connectivity index (χ1v) is 17.6. The molecule has 0 saturated carbocycles. The molecule has 2 aliphatic rings. The lowest BCUT2D eigenvalue weighted by Gasteiger charge is -2.32. The Morgan fingerprint density at radius 3 is 1.98 bits per heavy atom. The van der Waals surface area contributed by atoms with E-state index in [1.54, 1.807) is 12.1 Å². The number of likely N-dealkylation sites (tertiary alicyclic amines) is 1. The summed E-state index contributed by atoms with van der Waals surface area (Å²) in [6, 6.07) is 19.5. The summed E-state index contributed by atoms with van der Waals surface area (Å²) in [5.74, 6) is -0.289. The molecule has 1 unspecified atom stereocenters. The van der Waals surface area contributed by atoms with E-state index in [1.165, 1.54) is 6.20 Å². The number of benzene rings is 2. The van der Waals surface area contributed by atoms with E-state index in [0.717, 1.165) is 40.8 Å². The van der Waals surface area contributed by atoms with Crippen LogP contribution in [0.5, 0.6) is 0 Å². The number of carbonyl (C=O) groups excluding carboxylic acids is 3. The van der Waals surface area contributed by atoms with E-state index in [-0.39, 0.29) is 23.1 Å². The summed E-state index contributed by atoms with van der Waals surface area (Å²) in [5, 5.41) is 6.14. The van der Waals surface area contributed by atoms with Crippen LogP contribution >= 0.6 is 0 Å². The Balaban J connectivity index is 0.00000121. The van der Waals surface area contributed by atoms with Gasteiger partial charge in [-0.25, -0.2) is 0 Å². The van der Waals surface area contributed by atoms with Gasteiger partial charge in [0, 0.05) is 31.5 Å². The van der Waals surface area contributed by atoms with Gasteiger partial charge in [0.1, 0.15) is 11.5 Å². The van der Waals surface area contributed by atoms with Gasteiger partial charge in [0.2, 0.25) is 11.8 Å². The van der Waals surface area contributed by atoms with Crippen LogP contribution in [0.1, 0.15) is 115 Å². The van der Waals surface area contributed by atoms with Crippen molar-refractivity contribution in [1.82, 2.24) is 20.5 Å². The number of nitrogens with zero attached hydrogens (tertiary/aromatic N) is 2. The SMILES string of the molecule is CC.CC.CC.Cc1ccc(C(=O)NC2CCN(CCCCC3(C(=O)NCC(C)(C)C)c4ccccc4-c4ccccc43)C2=O)cn1. The number of aryl methyl sites for hydroxylation is 1. The van der Waals surface area contributed by atoms with Gasteiger partial charge in [0.15, 0.2) is 0 Å². The molecule has 2 N–H and O–H groups in total. The maximum Gasteiger partial charge on any atom is 0.253 e. The number of amides is 3. The second kappa shape index (κ2) is 18.4. The fourth-order valence-electron chi connectivity index (χ4n) is 6.08. The van der Waals surface area contributed by atoms with E-state index in [2.05, 4.69) is 60.7 Å². The van der Waals surface area contributed by atoms with Crippen LogP contribution in [0.15, 0.2) is 66.9 Å². The second-order valence-corrected chi connectivity index (χ2v) is 12.5. The van der Waals surface area contributed by atoms with Crippen LogP contribution in [-0.4, -0.2) is 53.3 Å². The zero-order chi connectivity index (χ0) is 35.2. The molecule has 0 bridgehead atoms. The summed E-state index contributed by atoms with van der Waals surface area (Å²) in [4.78, 5) is 45.8. The first kappa shape index (κ1) is 39.2. The molecule has 1 aliphatic carbocycles. The zero-order valence-electron chi connectivity index (χ0n) is 30.5. The van der Waals surface area contributed by atoms with E-state index in [9.17, 15) is 14.4 Å². The molecule has 5 rings (SSSR count). The number of hydrogen-bond acceptors (Lipinski definition) is 4. The predicted molar refractivity (Wildman–Crippen MR) is 194 cm³/mol. The molecule has 47 heavy (non-hydrogen) atoms. The van der Waals surface area contributed by atoms with Gasteiger partial charge in [-0.2, -0.15) is 0 Å². The molecule has 1 atom stereocenters. The number of nitrogens with one attached hydrogen (secondary N) is 2. The maximum absolute atomic E-state index is 14.1. The maximum atomic E-state index is 14.1. The topological polar surface area (TPSA) is 91.4 Å². The van der Waals surface area contributed by atoms with Crippen molar-refractivity contribution in [1.29, 1.82) is 0 Å². The highest BCUT2D eigenvalue weighted by molar-refractivity contribution is 6.00. The number of unbranched alkanes of at least 4 members (excludes halogenated alkanes) is 1. The van der Waals surface area contributed by atoms with Crippen molar-refractivity contribution in [3.8, 4) is 11.1 Å². The number of fused-ring (bicyclic) bond motifs is 3. The zero-order valence-corrected chi connectivity index (χ0v) is 30.5. The largest absolute Gasteiger partial charge is 0.355 e. The minimum Gasteiger partial charge on any atom is -0.355 e. The fraction of sp³-hybridized carbons (Fsp3) is 0.500. The Hall–Kier alpha value is -4.00. The van der Waals surface area contributed by atoms with Gasteiger partial charge >= 0.3 is 0 Å². The van der Waals surface area contributed by atoms with Crippen molar-refractivity contribution < 1.29 is 14.4 Å². The smallest absolute Gasteiger partial charge is 0.253 e. The summed E-state index contributed by atoms with van der Waals surface area (Å²) >= 11 is 0. The van der Waals surface area contributed by atoms with Gasteiger partial charge < -0.3 is 15.5 Å². The highest BCUT2D eigenvalue weighted by Gasteiger charge is 2.48. The third-order valence-corrected chi connectivity index (χ3v) is 8.24. The molecule has 3 amide bonds. The summed E-state index contributed by atoms with van der Waals surface area (Å²) in [5.41, 5.74) is 4.82. The van der Waals surface area contributed by atoms with Gasteiger partial charge in [-0.05, 0) is 72.4 Å². The van der Waals surface area contributed by atoms with Crippen LogP contribution in [0, 0.1) is 12.3 Å². The minimum absolute atomic E-state index is 0.0352. The average molecular weight is 643 g/mol. The molecule has 7 nitrogen and oxygen atoms in total. The molecule has 1 saturated heterocycles. The van der Waals surface area contributed by atoms with E-state index >= 15 is 0 Å². The molecule has 2 aromatic carbocycles. The molecule has 1 aliphatic heterocycles. The quantitative estimate of drug-likeness (QED) is 0.231. The van der Waals surface area contributed by atoms with Crippen LogP contribution in [0.4, 0.5) is 0 Å². The lowest BCUT2D eigenvalue weighted by molar-refractivity contribution is -0.129. The Kier molecular flexibility index (Phi) is 15.3. The van der Waals surface area contributed by atoms with Crippen LogP contribution < -0.4 is 10.6 Å². The highest BCUT2D eigenvalue weighted by Crippen LogP contribution is 2.51. The van der Waals surface area contributed by atoms with E-state index < -0.39 is 11.5 Å². The number of pyridine rings is 1. The first-order chi connectivity index (χ1) is 22.6. The summed E-state index contributed by atoms with van der Waals surface area (Å²) < 4.78 is 0. The second-order valence-electron chi connectivity index (χ2n) is 12.5. The number of carbonyl (C=O) groups is 3. The van der Waals surface area contributed by atoms with Crippen molar-refractivity contribution in [2.75, 3.05) is 19.6 Å². The van der Waals surface area contributed by atoms with Crippen LogP contribution in [0.25, 0.3) is 11.1 Å². The summed E-state index contributed by atoms with van der Waals surface area (Å²) in [6.07, 6.45) is 4.33. The van der Waals surface area contributed by atoms with Crippen molar-refractivity contribution in [2.45, 2.75) is 106 Å². The summed E-state index contributed by atoms with van der Waals surface area (Å²) in [7, 11) is 0. The van der Waals surface area contributed by atoms with Crippen molar-refractivity contribution in [3.05, 3.63) is 89.2 Å². The Morgan fingerprint density at radius 2 is 1.45 bits per heavy atom. The Morgan fingerprint density at radius 1 is 0.872 bits per heavy atom. The highest BCUT2D eigenvalue weighted by atomic mass is 16.2.